The number of benzene rings is 1. The lowest BCUT2D eigenvalue weighted by molar-refractivity contribution is -0.137. The first-order valence-corrected chi connectivity index (χ1v) is 5.78. The van der Waals surface area contributed by atoms with Gasteiger partial charge in [0.15, 0.2) is 5.78 Å². The van der Waals surface area contributed by atoms with E-state index in [1.807, 2.05) is 0 Å². The topological polar surface area (TPSA) is 26.3 Å². The van der Waals surface area contributed by atoms with E-state index in [9.17, 15) is 18.0 Å². The number of ketones is 1. The molecule has 2 nitrogen and oxygen atoms in total. The number of methoxy groups -OCH3 is 1. The molecule has 18 heavy (non-hydrogen) atoms. The number of hydrogen-bond acceptors (Lipinski definition) is 2. The molecular weight excluding hydrogens is 269 g/mol. The molecule has 0 bridgehead atoms. The van der Waals surface area contributed by atoms with E-state index in [2.05, 4.69) is 0 Å². The van der Waals surface area contributed by atoms with Crippen molar-refractivity contribution in [3.8, 4) is 5.75 Å². The molecule has 0 fully saturated rings. The summed E-state index contributed by atoms with van der Waals surface area (Å²) in [6.07, 6.45) is -3.79. The third-order valence-corrected chi connectivity index (χ3v) is 2.63. The lowest BCUT2D eigenvalue weighted by Crippen LogP contribution is -2.08. The molecule has 0 aliphatic heterocycles. The van der Waals surface area contributed by atoms with Crippen LogP contribution in [0.5, 0.6) is 5.75 Å². The largest absolute Gasteiger partial charge is 0.496 e. The molecule has 1 rings (SSSR count). The molecule has 100 valence electrons. The van der Waals surface area contributed by atoms with Gasteiger partial charge in [0.05, 0.1) is 18.2 Å². The van der Waals surface area contributed by atoms with Crippen molar-refractivity contribution < 1.29 is 22.7 Å². The predicted octanol–water partition coefficient (Wildman–Crippen LogP) is 3.92. The van der Waals surface area contributed by atoms with Gasteiger partial charge < -0.3 is 4.74 Å². The zero-order chi connectivity index (χ0) is 13.8. The molecule has 0 aliphatic carbocycles. The first kappa shape index (κ1) is 14.8. The zero-order valence-corrected chi connectivity index (χ0v) is 10.4. The minimum Gasteiger partial charge on any atom is -0.496 e. The van der Waals surface area contributed by atoms with Gasteiger partial charge in [0, 0.05) is 12.3 Å². The molecule has 0 atom stereocenters. The number of carbonyl (C=O) groups excluding carboxylic acids is 1. The molecule has 0 amide bonds. The predicted molar refractivity (Wildman–Crippen MR) is 62.3 cm³/mol. The normalized spacial score (nSPS) is 11.4. The second-order valence-electron chi connectivity index (χ2n) is 3.63. The molecule has 1 aromatic rings. The van der Waals surface area contributed by atoms with Gasteiger partial charge in [0.2, 0.25) is 0 Å². The molecule has 0 N–H and O–H groups in total. The number of halogens is 4. The minimum atomic E-state index is -4.45. The van der Waals surface area contributed by atoms with Crippen molar-refractivity contribution in [1.29, 1.82) is 0 Å². The average Bonchev–Trinajstić information content (AvgIpc) is 2.34. The molecule has 0 aliphatic rings. The fraction of sp³-hybridized carbons (Fsp3) is 0.417. The van der Waals surface area contributed by atoms with Gasteiger partial charge >= 0.3 is 6.18 Å². The van der Waals surface area contributed by atoms with Crippen molar-refractivity contribution >= 4 is 17.4 Å². The van der Waals surface area contributed by atoms with Gasteiger partial charge in [-0.3, -0.25) is 4.79 Å². The Kier molecular flexibility index (Phi) is 5.02. The van der Waals surface area contributed by atoms with Crippen LogP contribution in [0.25, 0.3) is 0 Å². The monoisotopic (exact) mass is 280 g/mol. The van der Waals surface area contributed by atoms with E-state index in [4.69, 9.17) is 16.3 Å². The highest BCUT2D eigenvalue weighted by Gasteiger charge is 2.31. The summed E-state index contributed by atoms with van der Waals surface area (Å²) in [5.74, 6) is -0.0140. The molecule has 0 saturated heterocycles. The summed E-state index contributed by atoms with van der Waals surface area (Å²) in [5, 5.41) is 0. The summed E-state index contributed by atoms with van der Waals surface area (Å²) in [7, 11) is 1.23. The van der Waals surface area contributed by atoms with Gasteiger partial charge in [-0.05, 0) is 24.6 Å². The third-order valence-electron chi connectivity index (χ3n) is 2.37. The zero-order valence-electron chi connectivity index (χ0n) is 9.68. The second kappa shape index (κ2) is 6.09. The number of rotatable bonds is 5. The van der Waals surface area contributed by atoms with Crippen LogP contribution in [-0.4, -0.2) is 18.8 Å². The number of carbonyl (C=O) groups is 1. The Morgan fingerprint density at radius 2 is 2.06 bits per heavy atom. The van der Waals surface area contributed by atoms with Crippen molar-refractivity contribution in [2.24, 2.45) is 0 Å². The Morgan fingerprint density at radius 1 is 1.39 bits per heavy atom. The third kappa shape index (κ3) is 3.63. The van der Waals surface area contributed by atoms with Crippen molar-refractivity contribution in [3.05, 3.63) is 29.3 Å². The minimum absolute atomic E-state index is 0.0654. The summed E-state index contributed by atoms with van der Waals surface area (Å²) in [6, 6.07) is 2.84. The van der Waals surface area contributed by atoms with Crippen molar-refractivity contribution in [2.45, 2.75) is 19.0 Å². The quantitative estimate of drug-likeness (QED) is 0.604. The molecule has 1 aromatic carbocycles. The Morgan fingerprint density at radius 3 is 2.56 bits per heavy atom. The van der Waals surface area contributed by atoms with Gasteiger partial charge in [-0.25, -0.2) is 0 Å². The molecule has 0 radical (unpaired) electrons. The van der Waals surface area contributed by atoms with Crippen molar-refractivity contribution in [2.75, 3.05) is 13.0 Å². The van der Waals surface area contributed by atoms with E-state index in [0.29, 0.717) is 12.3 Å². The van der Waals surface area contributed by atoms with Gasteiger partial charge in [-0.1, -0.05) is 0 Å². The maximum atomic E-state index is 12.5. The molecule has 0 saturated carbocycles. The van der Waals surface area contributed by atoms with Crippen molar-refractivity contribution in [1.82, 2.24) is 0 Å². The highest BCUT2D eigenvalue weighted by Crippen LogP contribution is 2.33. The smallest absolute Gasteiger partial charge is 0.416 e. The maximum Gasteiger partial charge on any atom is 0.416 e. The van der Waals surface area contributed by atoms with Gasteiger partial charge in [0.25, 0.3) is 0 Å². The lowest BCUT2D eigenvalue weighted by atomic mass is 10.0. The molecule has 0 heterocycles. The Bertz CT molecular complexity index is 430. The summed E-state index contributed by atoms with van der Waals surface area (Å²) >= 11 is 5.46. The van der Waals surface area contributed by atoms with E-state index in [-0.39, 0.29) is 23.5 Å². The van der Waals surface area contributed by atoms with E-state index in [0.717, 1.165) is 18.2 Å². The second-order valence-corrected chi connectivity index (χ2v) is 4.01. The van der Waals surface area contributed by atoms with E-state index in [1.165, 1.54) is 7.11 Å². The molecule has 0 unspecified atom stereocenters. The van der Waals surface area contributed by atoms with Crippen LogP contribution in [0.2, 0.25) is 0 Å². The molecular formula is C12H12ClF3O2. The molecule has 6 heteroatoms. The van der Waals surface area contributed by atoms with Crippen LogP contribution < -0.4 is 4.74 Å². The van der Waals surface area contributed by atoms with Crippen LogP contribution in [0.3, 0.4) is 0 Å². The fourth-order valence-corrected chi connectivity index (χ4v) is 1.59. The number of Topliss-reactive ketones (excluding diaryl/α,β-unsaturated/α-hetero) is 1. The fourth-order valence-electron chi connectivity index (χ4n) is 1.46. The highest BCUT2D eigenvalue weighted by atomic mass is 35.5. The first-order chi connectivity index (χ1) is 8.40. The van der Waals surface area contributed by atoms with Crippen LogP contribution in [-0.2, 0) is 6.18 Å². The molecule has 0 spiro atoms. The van der Waals surface area contributed by atoms with Crippen LogP contribution in [0.1, 0.15) is 28.8 Å². The standard InChI is InChI=1S/C12H12ClF3O2/c1-18-11-7-8(12(14,15)16)4-5-9(11)10(17)3-2-6-13/h4-5,7H,2-3,6H2,1H3. The van der Waals surface area contributed by atoms with Crippen LogP contribution >= 0.6 is 11.6 Å². The SMILES string of the molecule is COc1cc(C(F)(F)F)ccc1C(=O)CCCCl. The summed E-state index contributed by atoms with van der Waals surface area (Å²) < 4.78 is 42.3. The number of alkyl halides is 4. The van der Waals surface area contributed by atoms with Gasteiger partial charge in [-0.2, -0.15) is 13.2 Å². The number of hydrogen-bond donors (Lipinski definition) is 0. The first-order valence-electron chi connectivity index (χ1n) is 5.24. The highest BCUT2D eigenvalue weighted by molar-refractivity contribution is 6.18. The summed E-state index contributed by atoms with van der Waals surface area (Å²) in [6.45, 7) is 0. The maximum absolute atomic E-state index is 12.5. The Labute approximate surface area is 108 Å². The average molecular weight is 281 g/mol. The van der Waals surface area contributed by atoms with Crippen LogP contribution in [0, 0.1) is 0 Å². The Balaban J connectivity index is 3.04. The summed E-state index contributed by atoms with van der Waals surface area (Å²) in [4.78, 5) is 11.7. The van der Waals surface area contributed by atoms with Crippen LogP contribution in [0.4, 0.5) is 13.2 Å². The van der Waals surface area contributed by atoms with E-state index < -0.39 is 11.7 Å². The van der Waals surface area contributed by atoms with E-state index >= 15 is 0 Å². The molecule has 0 aromatic heterocycles. The lowest BCUT2D eigenvalue weighted by Gasteiger charge is -2.11. The van der Waals surface area contributed by atoms with Gasteiger partial charge in [-0.15, -0.1) is 11.6 Å². The van der Waals surface area contributed by atoms with E-state index in [1.54, 1.807) is 0 Å². The van der Waals surface area contributed by atoms with Crippen molar-refractivity contribution in [3.63, 3.8) is 0 Å². The number of ether oxygens (including phenoxy) is 1. The van der Waals surface area contributed by atoms with Gasteiger partial charge in [0.1, 0.15) is 5.75 Å². The Hall–Kier alpha value is -1.23. The summed E-state index contributed by atoms with van der Waals surface area (Å²) in [5.41, 5.74) is -0.691. The van der Waals surface area contributed by atoms with Crippen LogP contribution in [0.15, 0.2) is 18.2 Å².